The number of nitrogens with one attached hydrogen (secondary N) is 2. The molecule has 0 aromatic rings. The maximum absolute atomic E-state index is 12.7. The van der Waals surface area contributed by atoms with Crippen LogP contribution < -0.4 is 10.7 Å². The molecular formula is C17H28N4O4. The number of imide groups is 1. The van der Waals surface area contributed by atoms with Gasteiger partial charge in [-0.1, -0.05) is 6.92 Å². The molecule has 0 aromatic carbocycles. The summed E-state index contributed by atoms with van der Waals surface area (Å²) >= 11 is 0. The molecule has 2 saturated heterocycles. The summed E-state index contributed by atoms with van der Waals surface area (Å²) in [7, 11) is 0. The summed E-state index contributed by atoms with van der Waals surface area (Å²) in [4.78, 5) is 39.2. The van der Waals surface area contributed by atoms with E-state index in [1.807, 2.05) is 18.7 Å². The molecular weight excluding hydrogens is 324 g/mol. The first-order valence-corrected chi connectivity index (χ1v) is 9.13. The molecule has 2 heterocycles. The van der Waals surface area contributed by atoms with Crippen molar-refractivity contribution in [2.24, 2.45) is 5.92 Å². The Labute approximate surface area is 148 Å². The van der Waals surface area contributed by atoms with Crippen LogP contribution in [-0.2, 0) is 14.3 Å². The highest BCUT2D eigenvalue weighted by Gasteiger charge is 2.52. The number of hydrogen-bond donors (Lipinski definition) is 2. The molecule has 0 radical (unpaired) electrons. The lowest BCUT2D eigenvalue weighted by molar-refractivity contribution is -0.141. The van der Waals surface area contributed by atoms with Gasteiger partial charge in [0.25, 0.3) is 11.8 Å². The molecule has 8 heteroatoms. The van der Waals surface area contributed by atoms with Crippen LogP contribution in [0.3, 0.4) is 0 Å². The number of ether oxygens (including phenoxy) is 1. The second-order valence-corrected chi connectivity index (χ2v) is 7.82. The van der Waals surface area contributed by atoms with Gasteiger partial charge in [-0.3, -0.25) is 19.9 Å². The Hall–Kier alpha value is -1.67. The highest BCUT2D eigenvalue weighted by Crippen LogP contribution is 2.35. The van der Waals surface area contributed by atoms with E-state index in [9.17, 15) is 14.4 Å². The molecule has 1 aliphatic carbocycles. The molecule has 2 N–H and O–H groups in total. The average Bonchev–Trinajstić information content (AvgIpc) is 2.74. The van der Waals surface area contributed by atoms with Crippen LogP contribution in [0.5, 0.6) is 0 Å². The van der Waals surface area contributed by atoms with Crippen LogP contribution in [0.1, 0.15) is 46.5 Å². The molecule has 2 aliphatic heterocycles. The van der Waals surface area contributed by atoms with Crippen LogP contribution >= 0.6 is 0 Å². The molecule has 0 unspecified atom stereocenters. The monoisotopic (exact) mass is 352 g/mol. The number of amides is 4. The molecule has 1 spiro atoms. The summed E-state index contributed by atoms with van der Waals surface area (Å²) in [5.41, 5.74) is 1.65. The third-order valence-electron chi connectivity index (χ3n) is 5.39. The van der Waals surface area contributed by atoms with Crippen LogP contribution in [0.15, 0.2) is 0 Å². The van der Waals surface area contributed by atoms with Gasteiger partial charge in [0.1, 0.15) is 5.54 Å². The van der Waals surface area contributed by atoms with Crippen LogP contribution in [-0.4, -0.2) is 65.1 Å². The molecule has 140 valence electrons. The van der Waals surface area contributed by atoms with Crippen molar-refractivity contribution in [3.8, 4) is 0 Å². The fourth-order valence-corrected chi connectivity index (χ4v) is 4.09. The Balaban J connectivity index is 1.58. The van der Waals surface area contributed by atoms with Gasteiger partial charge in [-0.25, -0.2) is 4.79 Å². The predicted octanol–water partition coefficient (Wildman–Crippen LogP) is 0.628. The number of carbonyl (C=O) groups is 3. The van der Waals surface area contributed by atoms with Crippen molar-refractivity contribution in [1.29, 1.82) is 0 Å². The van der Waals surface area contributed by atoms with E-state index >= 15 is 0 Å². The van der Waals surface area contributed by atoms with Gasteiger partial charge in [-0.15, -0.1) is 0 Å². The van der Waals surface area contributed by atoms with Gasteiger partial charge >= 0.3 is 6.03 Å². The van der Waals surface area contributed by atoms with E-state index < -0.39 is 11.6 Å². The Morgan fingerprint density at radius 3 is 2.40 bits per heavy atom. The third-order valence-corrected chi connectivity index (χ3v) is 5.39. The second kappa shape index (κ2) is 6.92. The molecule has 0 bridgehead atoms. The van der Waals surface area contributed by atoms with Crippen molar-refractivity contribution < 1.29 is 19.1 Å². The number of carbonyl (C=O) groups excluding carboxylic acids is 3. The molecule has 1 saturated carbocycles. The number of urea groups is 1. The largest absolute Gasteiger partial charge is 0.373 e. The number of hydrazine groups is 1. The van der Waals surface area contributed by atoms with Crippen molar-refractivity contribution in [2.45, 2.75) is 64.2 Å². The summed E-state index contributed by atoms with van der Waals surface area (Å²) in [6, 6.07) is -0.531. The summed E-state index contributed by atoms with van der Waals surface area (Å²) in [6.45, 7) is 7.52. The highest BCUT2D eigenvalue weighted by atomic mass is 16.5. The van der Waals surface area contributed by atoms with Crippen LogP contribution in [0.25, 0.3) is 0 Å². The smallest absolute Gasteiger partial charge is 0.344 e. The van der Waals surface area contributed by atoms with Gasteiger partial charge in [0.15, 0.2) is 0 Å². The summed E-state index contributed by atoms with van der Waals surface area (Å²) < 4.78 is 5.65. The average molecular weight is 352 g/mol. The zero-order valence-corrected chi connectivity index (χ0v) is 15.2. The molecule has 0 aromatic heterocycles. The normalized spacial score (nSPS) is 36.6. The zero-order valence-electron chi connectivity index (χ0n) is 15.2. The van der Waals surface area contributed by atoms with Gasteiger partial charge in [-0.2, -0.15) is 5.01 Å². The van der Waals surface area contributed by atoms with Gasteiger partial charge in [0.05, 0.1) is 18.8 Å². The van der Waals surface area contributed by atoms with E-state index in [4.69, 9.17) is 4.74 Å². The molecule has 2 atom stereocenters. The van der Waals surface area contributed by atoms with Gasteiger partial charge < -0.3 is 10.1 Å². The quantitative estimate of drug-likeness (QED) is 0.727. The fraction of sp³-hybridized carbons (Fsp3) is 0.824. The molecule has 3 fully saturated rings. The van der Waals surface area contributed by atoms with Crippen molar-refractivity contribution in [3.63, 3.8) is 0 Å². The highest BCUT2D eigenvalue weighted by molar-refractivity contribution is 6.08. The molecule has 8 nitrogen and oxygen atoms in total. The van der Waals surface area contributed by atoms with Gasteiger partial charge in [0.2, 0.25) is 0 Å². The lowest BCUT2D eigenvalue weighted by Crippen LogP contribution is -2.54. The maximum Gasteiger partial charge on any atom is 0.344 e. The van der Waals surface area contributed by atoms with Gasteiger partial charge in [0, 0.05) is 13.1 Å². The Morgan fingerprint density at radius 1 is 1.20 bits per heavy atom. The number of nitrogens with zero attached hydrogens (tertiary/aromatic N) is 2. The van der Waals surface area contributed by atoms with E-state index in [0.717, 1.165) is 17.9 Å². The van der Waals surface area contributed by atoms with E-state index in [1.165, 1.54) is 0 Å². The van der Waals surface area contributed by atoms with Crippen molar-refractivity contribution in [1.82, 2.24) is 20.7 Å². The third kappa shape index (κ3) is 3.79. The Kier molecular flexibility index (Phi) is 5.02. The Bertz CT molecular complexity index is 549. The fourth-order valence-electron chi connectivity index (χ4n) is 4.09. The minimum absolute atomic E-state index is 0.0563. The van der Waals surface area contributed by atoms with Crippen LogP contribution in [0.4, 0.5) is 4.79 Å². The SMILES string of the molecule is CC1CCC2(CC1)NC(=O)N(NC(=O)CN1C[C@H](C)O[C@@H](C)C1)C2=O. The van der Waals surface area contributed by atoms with Crippen molar-refractivity contribution >= 4 is 17.8 Å². The van der Waals surface area contributed by atoms with E-state index in [-0.39, 0.29) is 30.6 Å². The topological polar surface area (TPSA) is 91.0 Å². The number of morpholine rings is 1. The molecule has 3 rings (SSSR count). The van der Waals surface area contributed by atoms with E-state index in [0.29, 0.717) is 31.8 Å². The Morgan fingerprint density at radius 2 is 1.80 bits per heavy atom. The zero-order chi connectivity index (χ0) is 18.2. The first-order chi connectivity index (χ1) is 11.8. The van der Waals surface area contributed by atoms with Crippen LogP contribution in [0.2, 0.25) is 0 Å². The lowest BCUT2D eigenvalue weighted by Gasteiger charge is -2.35. The van der Waals surface area contributed by atoms with E-state index in [1.54, 1.807) is 0 Å². The standard InChI is InChI=1S/C17H28N4O4/c1-11-4-6-17(7-5-11)15(23)21(16(24)18-17)19-14(22)10-20-8-12(2)25-13(3)9-20/h11-13H,4-10H2,1-3H3,(H,18,24)(H,19,22)/t11?,12-,13-,17?/m0/s1. The summed E-state index contributed by atoms with van der Waals surface area (Å²) in [6.07, 6.45) is 3.17. The minimum Gasteiger partial charge on any atom is -0.373 e. The summed E-state index contributed by atoms with van der Waals surface area (Å²) in [5, 5.41) is 3.67. The predicted molar refractivity (Wildman–Crippen MR) is 90.3 cm³/mol. The van der Waals surface area contributed by atoms with Crippen LogP contribution in [0, 0.1) is 5.92 Å². The maximum atomic E-state index is 12.7. The summed E-state index contributed by atoms with van der Waals surface area (Å²) in [5.74, 6) is -0.128. The molecule has 25 heavy (non-hydrogen) atoms. The van der Waals surface area contributed by atoms with Gasteiger partial charge in [-0.05, 0) is 45.4 Å². The first kappa shape index (κ1) is 18.1. The minimum atomic E-state index is -0.834. The molecule has 3 aliphatic rings. The second-order valence-electron chi connectivity index (χ2n) is 7.82. The van der Waals surface area contributed by atoms with Crippen molar-refractivity contribution in [2.75, 3.05) is 19.6 Å². The lowest BCUT2D eigenvalue weighted by atomic mass is 9.77. The first-order valence-electron chi connectivity index (χ1n) is 9.13. The number of hydrogen-bond acceptors (Lipinski definition) is 5. The van der Waals surface area contributed by atoms with Crippen molar-refractivity contribution in [3.05, 3.63) is 0 Å². The van der Waals surface area contributed by atoms with E-state index in [2.05, 4.69) is 17.7 Å². The number of rotatable bonds is 3. The molecule has 4 amide bonds.